The molecule has 0 saturated heterocycles. The van der Waals surface area contributed by atoms with Gasteiger partial charge in [0.2, 0.25) is 0 Å². The normalized spacial score (nSPS) is 40.4. The molecule has 6 aliphatic carbocycles. The zero-order valence-electron chi connectivity index (χ0n) is 22.7. The predicted molar refractivity (Wildman–Crippen MR) is 149 cm³/mol. The van der Waals surface area contributed by atoms with Gasteiger partial charge in [0, 0.05) is 46.3 Å². The van der Waals surface area contributed by atoms with E-state index in [2.05, 4.69) is 24.3 Å². The molecule has 202 valence electrons. The molecule has 2 aromatic rings. The van der Waals surface area contributed by atoms with Crippen molar-refractivity contribution >= 4 is 10.8 Å². The maximum atomic E-state index is 13.7. The molecule has 5 saturated carbocycles. The average Bonchev–Trinajstić information content (AvgIpc) is 3.67. The lowest BCUT2D eigenvalue weighted by molar-refractivity contribution is -0.275. The van der Waals surface area contributed by atoms with Gasteiger partial charge < -0.3 is 14.2 Å². The van der Waals surface area contributed by atoms with Crippen LogP contribution in [0, 0.1) is 29.1 Å². The Morgan fingerprint density at radius 1 is 1.03 bits per heavy atom. The van der Waals surface area contributed by atoms with Gasteiger partial charge in [-0.05, 0) is 85.3 Å². The maximum absolute atomic E-state index is 13.7. The topological polar surface area (TPSA) is 44.8 Å². The highest BCUT2D eigenvalue weighted by atomic mass is 32.2. The zero-order valence-corrected chi connectivity index (χ0v) is 23.6. The maximum Gasteiger partial charge on any atom is 0.165 e. The molecule has 8 atom stereocenters. The van der Waals surface area contributed by atoms with Crippen LogP contribution in [0.4, 0.5) is 0 Å². The van der Waals surface area contributed by atoms with E-state index in [1.165, 1.54) is 56.1 Å². The molecule has 0 amide bonds. The number of fused-ring (bicyclic) bond motifs is 2. The van der Waals surface area contributed by atoms with Crippen LogP contribution in [0.3, 0.4) is 0 Å². The third kappa shape index (κ3) is 2.98. The van der Waals surface area contributed by atoms with Crippen LogP contribution >= 0.6 is 0 Å². The molecular formula is C33H40O4S. The van der Waals surface area contributed by atoms with Crippen LogP contribution in [-0.2, 0) is 33.1 Å². The van der Waals surface area contributed by atoms with Crippen LogP contribution in [0.1, 0.15) is 68.1 Å². The van der Waals surface area contributed by atoms with Crippen molar-refractivity contribution in [1.29, 1.82) is 0 Å². The Morgan fingerprint density at radius 2 is 1.87 bits per heavy atom. The summed E-state index contributed by atoms with van der Waals surface area (Å²) in [5.41, 5.74) is 3.94. The molecule has 9 rings (SSSR count). The molecule has 0 aromatic heterocycles. The Morgan fingerprint density at radius 3 is 2.63 bits per heavy atom. The van der Waals surface area contributed by atoms with E-state index < -0.39 is 16.4 Å². The van der Waals surface area contributed by atoms with Gasteiger partial charge in [-0.15, -0.1) is 0 Å². The van der Waals surface area contributed by atoms with Gasteiger partial charge in [-0.1, -0.05) is 49.2 Å². The Kier molecular flexibility index (Phi) is 5.26. The van der Waals surface area contributed by atoms with E-state index in [1.54, 1.807) is 7.11 Å². The van der Waals surface area contributed by atoms with Crippen LogP contribution in [0.25, 0.3) is 0 Å². The van der Waals surface area contributed by atoms with E-state index in [0.717, 1.165) is 41.7 Å². The lowest BCUT2D eigenvalue weighted by Crippen LogP contribution is -2.78. The van der Waals surface area contributed by atoms with Gasteiger partial charge in [-0.3, -0.25) is 4.21 Å². The van der Waals surface area contributed by atoms with Gasteiger partial charge >= 0.3 is 0 Å². The number of hydrogen-bond acceptors (Lipinski definition) is 4. The van der Waals surface area contributed by atoms with Gasteiger partial charge in [-0.25, -0.2) is 0 Å². The average molecular weight is 533 g/mol. The molecule has 8 unspecified atom stereocenters. The Hall–Kier alpha value is -1.85. The third-order valence-corrected chi connectivity index (χ3v) is 13.5. The summed E-state index contributed by atoms with van der Waals surface area (Å²) in [6.45, 7) is 0. The lowest BCUT2D eigenvalue weighted by Gasteiger charge is -2.73. The number of benzene rings is 2. The van der Waals surface area contributed by atoms with Crippen LogP contribution in [0.15, 0.2) is 42.5 Å². The summed E-state index contributed by atoms with van der Waals surface area (Å²) in [5.74, 6) is 5.87. The van der Waals surface area contributed by atoms with Gasteiger partial charge in [-0.2, -0.15) is 0 Å². The highest BCUT2D eigenvalue weighted by molar-refractivity contribution is 7.84. The Labute approximate surface area is 229 Å². The van der Waals surface area contributed by atoms with E-state index in [0.29, 0.717) is 17.4 Å². The molecule has 5 heteroatoms. The van der Waals surface area contributed by atoms with Crippen molar-refractivity contribution in [1.82, 2.24) is 0 Å². The first-order valence-corrected chi connectivity index (χ1v) is 16.3. The first kappa shape index (κ1) is 24.0. The van der Waals surface area contributed by atoms with E-state index >= 15 is 0 Å². The van der Waals surface area contributed by atoms with Crippen molar-refractivity contribution in [2.75, 3.05) is 20.0 Å². The third-order valence-electron chi connectivity index (χ3n) is 12.1. The molecule has 2 spiro atoms. The molecular weight excluding hydrogens is 492 g/mol. The molecule has 5 fully saturated rings. The minimum absolute atomic E-state index is 0.000850. The molecule has 0 N–H and O–H groups in total. The minimum atomic E-state index is -0.944. The lowest BCUT2D eigenvalue weighted by atomic mass is 9.31. The van der Waals surface area contributed by atoms with E-state index in [-0.39, 0.29) is 22.9 Å². The number of ether oxygens (including phenoxy) is 3. The second-order valence-electron chi connectivity index (χ2n) is 13.3. The number of methoxy groups -OCH3 is 2. The summed E-state index contributed by atoms with van der Waals surface area (Å²) in [7, 11) is 2.72. The van der Waals surface area contributed by atoms with Crippen molar-refractivity contribution in [2.24, 2.45) is 29.1 Å². The molecule has 1 aliphatic heterocycles. The molecule has 1 heterocycles. The molecule has 7 aliphatic rings. The summed E-state index contributed by atoms with van der Waals surface area (Å²) >= 11 is 0. The summed E-state index contributed by atoms with van der Waals surface area (Å²) in [6, 6.07) is 14.8. The molecule has 4 nitrogen and oxygen atoms in total. The summed E-state index contributed by atoms with van der Waals surface area (Å²) in [4.78, 5) is 0. The van der Waals surface area contributed by atoms with Gasteiger partial charge in [0.05, 0.1) is 7.11 Å². The monoisotopic (exact) mass is 532 g/mol. The van der Waals surface area contributed by atoms with E-state index in [4.69, 9.17) is 14.2 Å². The SMILES string of the molecule is COc1ccc2c3c1OC1C4(OC)CCC5(CC4CS(=O)Cc4ccccc4)C(C2)C(CC2CC2)CCC315. The Balaban J connectivity index is 1.24. The first-order chi connectivity index (χ1) is 18.5. The molecule has 4 bridgehead atoms. The molecule has 0 radical (unpaired) electrons. The van der Waals surface area contributed by atoms with Crippen LogP contribution in [-0.4, -0.2) is 35.9 Å². The fourth-order valence-corrected chi connectivity index (χ4v) is 12.1. The minimum Gasteiger partial charge on any atom is -0.493 e. The van der Waals surface area contributed by atoms with Crippen LogP contribution < -0.4 is 9.47 Å². The smallest absolute Gasteiger partial charge is 0.165 e. The fourth-order valence-electron chi connectivity index (χ4n) is 10.5. The van der Waals surface area contributed by atoms with Crippen molar-refractivity contribution < 1.29 is 18.4 Å². The number of rotatable bonds is 8. The predicted octanol–water partition coefficient (Wildman–Crippen LogP) is 6.21. The van der Waals surface area contributed by atoms with E-state index in [1.807, 2.05) is 25.3 Å². The molecule has 38 heavy (non-hydrogen) atoms. The standard InChI is InChI=1S/C33H40O4S/c1-35-27-11-10-24-17-26-23(16-21-8-9-21)12-13-32-28(24)29(27)37-30(32)33(36-2)15-14-31(26,32)18-25(33)20-38(34)19-22-6-4-3-5-7-22/h3-7,10-11,21,23,25-26,30H,8-9,12-20H2,1-2H3. The first-order valence-electron chi connectivity index (χ1n) is 14.9. The largest absolute Gasteiger partial charge is 0.493 e. The summed E-state index contributed by atoms with van der Waals surface area (Å²) < 4.78 is 33.4. The molecule has 2 aromatic carbocycles. The van der Waals surface area contributed by atoms with Crippen LogP contribution in [0.2, 0.25) is 0 Å². The number of hydrogen-bond donors (Lipinski definition) is 0. The van der Waals surface area contributed by atoms with Crippen molar-refractivity contribution in [2.45, 2.75) is 80.7 Å². The summed E-state index contributed by atoms with van der Waals surface area (Å²) in [5, 5.41) is 0. The summed E-state index contributed by atoms with van der Waals surface area (Å²) in [6.07, 6.45) is 11.3. The van der Waals surface area contributed by atoms with Crippen molar-refractivity contribution in [3.8, 4) is 11.5 Å². The fraction of sp³-hybridized carbons (Fsp3) is 0.636. The highest BCUT2D eigenvalue weighted by Gasteiger charge is 2.80. The second kappa shape index (κ2) is 8.33. The zero-order chi connectivity index (χ0) is 25.7. The van der Waals surface area contributed by atoms with Crippen molar-refractivity contribution in [3.63, 3.8) is 0 Å². The van der Waals surface area contributed by atoms with E-state index in [9.17, 15) is 4.21 Å². The van der Waals surface area contributed by atoms with Gasteiger partial charge in [0.1, 0.15) is 11.7 Å². The van der Waals surface area contributed by atoms with Gasteiger partial charge in [0.25, 0.3) is 0 Å². The van der Waals surface area contributed by atoms with Gasteiger partial charge in [0.15, 0.2) is 11.5 Å². The second-order valence-corrected chi connectivity index (χ2v) is 14.8. The Bertz CT molecular complexity index is 1290. The highest BCUT2D eigenvalue weighted by Crippen LogP contribution is 2.79. The van der Waals surface area contributed by atoms with Crippen molar-refractivity contribution in [3.05, 3.63) is 59.2 Å². The quantitative estimate of drug-likeness (QED) is 0.405. The van der Waals surface area contributed by atoms with Crippen LogP contribution in [0.5, 0.6) is 11.5 Å².